The molecule has 0 saturated carbocycles. The molecule has 0 aromatic carbocycles. The molecule has 4 rings (SSSR count). The number of aryl methyl sites for hydroxylation is 2. The standard InChI is InChI=1S/C19H28N6O.ClH/c1-13-10-18(26-3)21-14(2)16(13)12-24-7-4-15(5-8-24)19-23-22-17-11-20-6-9-25(17)19;/h10,15,20H,4-9,11-12H2,1-3H3;1H. The van der Waals surface area contributed by atoms with Crippen LogP contribution in [0.25, 0.3) is 0 Å². The lowest BCUT2D eigenvalue weighted by Gasteiger charge is -2.32. The number of fused-ring (bicyclic) bond motifs is 1. The van der Waals surface area contributed by atoms with Crippen molar-refractivity contribution in [2.75, 3.05) is 26.7 Å². The fourth-order valence-corrected chi connectivity index (χ4v) is 4.16. The summed E-state index contributed by atoms with van der Waals surface area (Å²) in [6.45, 7) is 10.2. The quantitative estimate of drug-likeness (QED) is 0.860. The van der Waals surface area contributed by atoms with Crippen LogP contribution in [0, 0.1) is 13.8 Å². The maximum atomic E-state index is 5.28. The van der Waals surface area contributed by atoms with Crippen LogP contribution in [0.3, 0.4) is 0 Å². The average Bonchev–Trinajstić information content (AvgIpc) is 3.09. The Morgan fingerprint density at radius 3 is 2.67 bits per heavy atom. The van der Waals surface area contributed by atoms with E-state index in [0.717, 1.165) is 63.6 Å². The van der Waals surface area contributed by atoms with Gasteiger partial charge in [0.2, 0.25) is 5.88 Å². The van der Waals surface area contributed by atoms with Crippen LogP contribution in [0.1, 0.15) is 47.2 Å². The third-order valence-corrected chi connectivity index (χ3v) is 5.73. The van der Waals surface area contributed by atoms with E-state index in [1.54, 1.807) is 7.11 Å². The van der Waals surface area contributed by atoms with E-state index in [1.807, 2.05) is 6.07 Å². The SMILES string of the molecule is COc1cc(C)c(CN2CCC(c3nnc4n3CCNC4)CC2)c(C)n1.Cl. The highest BCUT2D eigenvalue weighted by Gasteiger charge is 2.27. The summed E-state index contributed by atoms with van der Waals surface area (Å²) in [5, 5.41) is 12.2. The maximum absolute atomic E-state index is 5.28. The molecule has 1 fully saturated rings. The molecule has 2 aromatic rings. The minimum atomic E-state index is 0. The van der Waals surface area contributed by atoms with Crippen LogP contribution in [-0.2, 0) is 19.6 Å². The molecular weight excluding hydrogens is 364 g/mol. The maximum Gasteiger partial charge on any atom is 0.213 e. The molecule has 2 aliphatic rings. The second kappa shape index (κ2) is 8.54. The Balaban J connectivity index is 0.00000210. The van der Waals surface area contributed by atoms with Crippen molar-refractivity contribution in [2.45, 2.75) is 52.2 Å². The second-order valence-electron chi connectivity index (χ2n) is 7.40. The number of pyridine rings is 1. The third-order valence-electron chi connectivity index (χ3n) is 5.73. The zero-order valence-corrected chi connectivity index (χ0v) is 17.2. The summed E-state index contributed by atoms with van der Waals surface area (Å²) in [5.41, 5.74) is 3.66. The van der Waals surface area contributed by atoms with Gasteiger partial charge in [0.05, 0.1) is 13.7 Å². The summed E-state index contributed by atoms with van der Waals surface area (Å²) < 4.78 is 7.61. The molecule has 1 N–H and O–H groups in total. The first-order valence-corrected chi connectivity index (χ1v) is 9.52. The van der Waals surface area contributed by atoms with Crippen LogP contribution in [0.5, 0.6) is 5.88 Å². The van der Waals surface area contributed by atoms with Gasteiger partial charge in [0.25, 0.3) is 0 Å². The summed E-state index contributed by atoms with van der Waals surface area (Å²) in [6, 6.07) is 2.03. The van der Waals surface area contributed by atoms with Gasteiger partial charge in [-0.3, -0.25) is 4.90 Å². The second-order valence-corrected chi connectivity index (χ2v) is 7.40. The molecule has 148 valence electrons. The number of nitrogens with one attached hydrogen (secondary N) is 1. The lowest BCUT2D eigenvalue weighted by molar-refractivity contribution is 0.198. The molecule has 2 aromatic heterocycles. The molecule has 0 amide bonds. The van der Waals surface area contributed by atoms with E-state index in [4.69, 9.17) is 4.74 Å². The van der Waals surface area contributed by atoms with Crippen LogP contribution >= 0.6 is 12.4 Å². The van der Waals surface area contributed by atoms with Gasteiger partial charge in [0.15, 0.2) is 0 Å². The number of hydrogen-bond acceptors (Lipinski definition) is 6. The number of methoxy groups -OCH3 is 1. The van der Waals surface area contributed by atoms with Gasteiger partial charge in [-0.05, 0) is 50.9 Å². The number of nitrogens with zero attached hydrogens (tertiary/aromatic N) is 5. The number of rotatable bonds is 4. The smallest absolute Gasteiger partial charge is 0.213 e. The number of piperidine rings is 1. The molecule has 27 heavy (non-hydrogen) atoms. The Bertz CT molecular complexity index is 761. The third kappa shape index (κ3) is 4.10. The lowest BCUT2D eigenvalue weighted by atomic mass is 9.95. The lowest BCUT2D eigenvalue weighted by Crippen LogP contribution is -2.35. The number of aromatic nitrogens is 4. The zero-order chi connectivity index (χ0) is 18.1. The Morgan fingerprint density at radius 1 is 1.19 bits per heavy atom. The first kappa shape index (κ1) is 20.0. The Morgan fingerprint density at radius 2 is 1.96 bits per heavy atom. The van der Waals surface area contributed by atoms with Crippen molar-refractivity contribution < 1.29 is 4.74 Å². The summed E-state index contributed by atoms with van der Waals surface area (Å²) in [4.78, 5) is 7.08. The van der Waals surface area contributed by atoms with E-state index >= 15 is 0 Å². The fraction of sp³-hybridized carbons (Fsp3) is 0.632. The normalized spacial score (nSPS) is 18.0. The summed E-state index contributed by atoms with van der Waals surface area (Å²) >= 11 is 0. The molecular formula is C19H29ClN6O. The van der Waals surface area contributed by atoms with E-state index < -0.39 is 0 Å². The Labute approximate surface area is 166 Å². The predicted molar refractivity (Wildman–Crippen MR) is 106 cm³/mol. The highest BCUT2D eigenvalue weighted by molar-refractivity contribution is 5.85. The number of ether oxygens (including phenoxy) is 1. The van der Waals surface area contributed by atoms with Crippen molar-refractivity contribution in [3.63, 3.8) is 0 Å². The van der Waals surface area contributed by atoms with Gasteiger partial charge in [0.1, 0.15) is 11.6 Å². The Hall–Kier alpha value is -1.70. The van der Waals surface area contributed by atoms with Gasteiger partial charge >= 0.3 is 0 Å². The van der Waals surface area contributed by atoms with Crippen molar-refractivity contribution in [3.05, 3.63) is 34.5 Å². The molecule has 8 heteroatoms. The van der Waals surface area contributed by atoms with Gasteiger partial charge in [-0.25, -0.2) is 4.98 Å². The zero-order valence-electron chi connectivity index (χ0n) is 16.4. The largest absolute Gasteiger partial charge is 0.481 e. The van der Waals surface area contributed by atoms with Crippen molar-refractivity contribution >= 4 is 12.4 Å². The highest BCUT2D eigenvalue weighted by Crippen LogP contribution is 2.29. The van der Waals surface area contributed by atoms with Crippen molar-refractivity contribution in [1.82, 2.24) is 30.0 Å². The number of halogens is 1. The molecule has 7 nitrogen and oxygen atoms in total. The summed E-state index contributed by atoms with van der Waals surface area (Å²) in [6.07, 6.45) is 2.29. The van der Waals surface area contributed by atoms with Gasteiger partial charge in [0, 0.05) is 37.3 Å². The Kier molecular flexibility index (Phi) is 6.34. The van der Waals surface area contributed by atoms with Crippen LogP contribution in [0.2, 0.25) is 0 Å². The van der Waals surface area contributed by atoms with Crippen molar-refractivity contribution in [1.29, 1.82) is 0 Å². The van der Waals surface area contributed by atoms with Gasteiger partial charge in [-0.1, -0.05) is 0 Å². The molecule has 0 bridgehead atoms. The molecule has 2 aliphatic heterocycles. The number of likely N-dealkylation sites (tertiary alicyclic amines) is 1. The molecule has 0 aliphatic carbocycles. The molecule has 0 spiro atoms. The van der Waals surface area contributed by atoms with E-state index in [1.165, 1.54) is 17.0 Å². The fourth-order valence-electron chi connectivity index (χ4n) is 4.16. The van der Waals surface area contributed by atoms with Gasteiger partial charge in [-0.2, -0.15) is 0 Å². The van der Waals surface area contributed by atoms with Crippen molar-refractivity contribution in [3.8, 4) is 5.88 Å². The van der Waals surface area contributed by atoms with Gasteiger partial charge in [-0.15, -0.1) is 22.6 Å². The average molecular weight is 393 g/mol. The van der Waals surface area contributed by atoms with Crippen molar-refractivity contribution in [2.24, 2.45) is 0 Å². The summed E-state index contributed by atoms with van der Waals surface area (Å²) in [5.74, 6) is 3.51. The monoisotopic (exact) mass is 392 g/mol. The van der Waals surface area contributed by atoms with E-state index in [0.29, 0.717) is 11.8 Å². The van der Waals surface area contributed by atoms with E-state index in [9.17, 15) is 0 Å². The van der Waals surface area contributed by atoms with Gasteiger partial charge < -0.3 is 14.6 Å². The molecule has 0 radical (unpaired) electrons. The minimum Gasteiger partial charge on any atom is -0.481 e. The van der Waals surface area contributed by atoms with E-state index in [-0.39, 0.29) is 12.4 Å². The van der Waals surface area contributed by atoms with Crippen LogP contribution in [0.4, 0.5) is 0 Å². The van der Waals surface area contributed by atoms with E-state index in [2.05, 4.69) is 43.8 Å². The molecule has 0 atom stereocenters. The number of hydrogen-bond donors (Lipinski definition) is 1. The topological polar surface area (TPSA) is 68.1 Å². The molecule has 0 unspecified atom stereocenters. The van der Waals surface area contributed by atoms with Crippen LogP contribution in [0.15, 0.2) is 6.07 Å². The van der Waals surface area contributed by atoms with Crippen LogP contribution < -0.4 is 10.1 Å². The predicted octanol–water partition coefficient (Wildman–Crippen LogP) is 2.20. The van der Waals surface area contributed by atoms with Crippen LogP contribution in [-0.4, -0.2) is 51.4 Å². The minimum absolute atomic E-state index is 0. The highest BCUT2D eigenvalue weighted by atomic mass is 35.5. The summed E-state index contributed by atoms with van der Waals surface area (Å²) in [7, 11) is 1.67. The molecule has 1 saturated heterocycles. The first-order chi connectivity index (χ1) is 12.7. The molecule has 4 heterocycles. The first-order valence-electron chi connectivity index (χ1n) is 9.52.